The van der Waals surface area contributed by atoms with Crippen molar-refractivity contribution in [3.8, 4) is 11.5 Å². The van der Waals surface area contributed by atoms with Crippen LogP contribution in [0.3, 0.4) is 0 Å². The summed E-state index contributed by atoms with van der Waals surface area (Å²) in [5.41, 5.74) is 4.24. The molecule has 4 rings (SSSR count). The Kier molecular flexibility index (Phi) is 8.13. The van der Waals surface area contributed by atoms with E-state index in [-0.39, 0.29) is 18.4 Å². The molecule has 0 radical (unpaired) electrons. The summed E-state index contributed by atoms with van der Waals surface area (Å²) < 4.78 is 12.3. The minimum Gasteiger partial charge on any atom is -0.497 e. The summed E-state index contributed by atoms with van der Waals surface area (Å²) in [7, 11) is 1.59. The predicted molar refractivity (Wildman–Crippen MR) is 153 cm³/mol. The second-order valence-corrected chi connectivity index (χ2v) is 10.6. The third kappa shape index (κ3) is 5.98. The first-order chi connectivity index (χ1) is 17.2. The number of methoxy groups -OCH3 is 1. The number of aryl methyl sites for hydroxylation is 2. The molecule has 0 unspecified atom stereocenters. The van der Waals surface area contributed by atoms with Crippen LogP contribution in [0.2, 0.25) is 0 Å². The van der Waals surface area contributed by atoms with Gasteiger partial charge in [-0.1, -0.05) is 52.0 Å². The third-order valence-electron chi connectivity index (χ3n) is 5.43. The van der Waals surface area contributed by atoms with Crippen molar-refractivity contribution in [3.05, 3.63) is 86.7 Å². The number of thioether (sulfide) groups is 1. The van der Waals surface area contributed by atoms with Crippen LogP contribution in [0.4, 0.5) is 11.4 Å². The molecule has 1 fully saturated rings. The van der Waals surface area contributed by atoms with Crippen LogP contribution < -0.4 is 19.7 Å². The molecule has 1 N–H and O–H groups in total. The van der Waals surface area contributed by atoms with Gasteiger partial charge in [-0.3, -0.25) is 14.5 Å². The van der Waals surface area contributed by atoms with Crippen LogP contribution in [0.5, 0.6) is 11.5 Å². The molecule has 2 amide bonds. The number of carbonyl (C=O) groups is 2. The molecule has 3 aromatic rings. The SMILES string of the molecule is COc1ccc(N2C(=O)/C(=C/c3ccc(OCC(=O)Nc4c(C)cc(Br)cc4C)cc3)SC2=S)cc1. The largest absolute Gasteiger partial charge is 0.497 e. The minimum absolute atomic E-state index is 0.116. The van der Waals surface area contributed by atoms with Crippen LogP contribution >= 0.6 is 39.9 Å². The number of hydrogen-bond acceptors (Lipinski definition) is 6. The Labute approximate surface area is 227 Å². The van der Waals surface area contributed by atoms with Gasteiger partial charge in [-0.2, -0.15) is 0 Å². The normalized spacial score (nSPS) is 14.3. The number of halogens is 1. The number of amides is 2. The summed E-state index contributed by atoms with van der Waals surface area (Å²) in [4.78, 5) is 27.4. The lowest BCUT2D eigenvalue weighted by molar-refractivity contribution is -0.118. The first-order valence-corrected chi connectivity index (χ1v) is 13.0. The average molecular weight is 584 g/mol. The Morgan fingerprint density at radius 2 is 1.67 bits per heavy atom. The Balaban J connectivity index is 1.37. The number of ether oxygens (including phenoxy) is 2. The molecule has 0 spiro atoms. The Morgan fingerprint density at radius 3 is 2.28 bits per heavy atom. The van der Waals surface area contributed by atoms with Gasteiger partial charge in [-0.15, -0.1) is 0 Å². The molecular formula is C27H23BrN2O4S2. The highest BCUT2D eigenvalue weighted by Crippen LogP contribution is 2.36. The number of anilines is 2. The maximum absolute atomic E-state index is 13.0. The topological polar surface area (TPSA) is 67.9 Å². The van der Waals surface area contributed by atoms with Gasteiger partial charge < -0.3 is 14.8 Å². The molecule has 36 heavy (non-hydrogen) atoms. The molecule has 1 heterocycles. The van der Waals surface area contributed by atoms with Crippen molar-refractivity contribution >= 4 is 73.5 Å². The van der Waals surface area contributed by atoms with E-state index in [1.54, 1.807) is 49.6 Å². The smallest absolute Gasteiger partial charge is 0.270 e. The fraction of sp³-hybridized carbons (Fsp3) is 0.148. The second-order valence-electron chi connectivity index (χ2n) is 8.04. The molecule has 184 valence electrons. The van der Waals surface area contributed by atoms with Gasteiger partial charge in [0.25, 0.3) is 11.8 Å². The molecule has 0 saturated carbocycles. The second kappa shape index (κ2) is 11.3. The maximum Gasteiger partial charge on any atom is 0.270 e. The summed E-state index contributed by atoms with van der Waals surface area (Å²) in [6.07, 6.45) is 1.79. The highest BCUT2D eigenvalue weighted by molar-refractivity contribution is 9.10. The van der Waals surface area contributed by atoms with Gasteiger partial charge in [0.2, 0.25) is 0 Å². The van der Waals surface area contributed by atoms with Crippen LogP contribution in [0, 0.1) is 13.8 Å². The van der Waals surface area contributed by atoms with Crippen molar-refractivity contribution < 1.29 is 19.1 Å². The number of hydrogen-bond donors (Lipinski definition) is 1. The van der Waals surface area contributed by atoms with Gasteiger partial charge in [-0.05, 0) is 85.1 Å². The fourth-order valence-electron chi connectivity index (χ4n) is 3.67. The molecule has 6 nitrogen and oxygen atoms in total. The zero-order chi connectivity index (χ0) is 25.8. The van der Waals surface area contributed by atoms with Crippen LogP contribution in [-0.2, 0) is 9.59 Å². The molecule has 1 saturated heterocycles. The molecule has 0 aromatic heterocycles. The van der Waals surface area contributed by atoms with Crippen LogP contribution in [0.15, 0.2) is 70.0 Å². The van der Waals surface area contributed by atoms with E-state index < -0.39 is 0 Å². The molecule has 3 aromatic carbocycles. The van der Waals surface area contributed by atoms with Gasteiger partial charge in [0.05, 0.1) is 17.7 Å². The van der Waals surface area contributed by atoms with Gasteiger partial charge >= 0.3 is 0 Å². The van der Waals surface area contributed by atoms with E-state index in [9.17, 15) is 9.59 Å². The lowest BCUT2D eigenvalue weighted by Gasteiger charge is -2.14. The summed E-state index contributed by atoms with van der Waals surface area (Å²) in [6, 6.07) is 18.3. The van der Waals surface area contributed by atoms with Crippen molar-refractivity contribution in [1.82, 2.24) is 0 Å². The summed E-state index contributed by atoms with van der Waals surface area (Å²) in [5, 5.41) is 2.91. The molecule has 9 heteroatoms. The van der Waals surface area contributed by atoms with Gasteiger partial charge in [-0.25, -0.2) is 0 Å². The number of carbonyl (C=O) groups excluding carboxylic acids is 2. The first kappa shape index (κ1) is 25.9. The van der Waals surface area contributed by atoms with E-state index in [1.165, 1.54) is 16.7 Å². The Bertz CT molecular complexity index is 1330. The average Bonchev–Trinajstić information content (AvgIpc) is 3.13. The Morgan fingerprint density at radius 1 is 1.06 bits per heavy atom. The lowest BCUT2D eigenvalue weighted by atomic mass is 10.1. The van der Waals surface area contributed by atoms with Crippen LogP contribution in [0.25, 0.3) is 6.08 Å². The zero-order valence-electron chi connectivity index (χ0n) is 19.8. The van der Waals surface area contributed by atoms with E-state index in [0.29, 0.717) is 26.4 Å². The molecular weight excluding hydrogens is 560 g/mol. The quantitative estimate of drug-likeness (QED) is 0.253. The number of rotatable bonds is 7. The van der Waals surface area contributed by atoms with Crippen molar-refractivity contribution in [1.29, 1.82) is 0 Å². The highest BCUT2D eigenvalue weighted by atomic mass is 79.9. The standard InChI is InChI=1S/C27H23BrN2O4S2/c1-16-12-19(28)13-17(2)25(16)29-24(31)15-34-22-8-4-18(5-9-22)14-23-26(32)30(27(35)36-23)20-6-10-21(33-3)11-7-20/h4-14H,15H2,1-3H3,(H,29,31)/b23-14-. The Hall–Kier alpha value is -3.14. The van der Waals surface area contributed by atoms with Crippen LogP contribution in [-0.4, -0.2) is 29.9 Å². The van der Waals surface area contributed by atoms with E-state index in [2.05, 4.69) is 21.2 Å². The molecule has 1 aliphatic rings. The highest BCUT2D eigenvalue weighted by Gasteiger charge is 2.33. The number of nitrogens with one attached hydrogen (secondary N) is 1. The van der Waals surface area contributed by atoms with Gasteiger partial charge in [0.15, 0.2) is 10.9 Å². The summed E-state index contributed by atoms with van der Waals surface area (Å²) >= 11 is 10.2. The zero-order valence-corrected chi connectivity index (χ0v) is 23.1. The number of thiocarbonyl (C=S) groups is 1. The van der Waals surface area contributed by atoms with Crippen molar-refractivity contribution in [2.75, 3.05) is 23.9 Å². The van der Waals surface area contributed by atoms with E-state index >= 15 is 0 Å². The number of benzene rings is 3. The van der Waals surface area contributed by atoms with Gasteiger partial charge in [0.1, 0.15) is 11.5 Å². The van der Waals surface area contributed by atoms with Crippen molar-refractivity contribution in [3.63, 3.8) is 0 Å². The summed E-state index contributed by atoms with van der Waals surface area (Å²) in [5.74, 6) is 0.843. The van der Waals surface area contributed by atoms with Crippen molar-refractivity contribution in [2.24, 2.45) is 0 Å². The summed E-state index contributed by atoms with van der Waals surface area (Å²) in [6.45, 7) is 3.77. The molecule has 0 atom stereocenters. The van der Waals surface area contributed by atoms with E-state index in [1.807, 2.05) is 38.1 Å². The molecule has 0 bridgehead atoms. The predicted octanol–water partition coefficient (Wildman–Crippen LogP) is 6.50. The monoisotopic (exact) mass is 582 g/mol. The van der Waals surface area contributed by atoms with E-state index in [0.717, 1.165) is 26.9 Å². The van der Waals surface area contributed by atoms with Gasteiger partial charge in [0, 0.05) is 10.2 Å². The minimum atomic E-state index is -0.241. The molecule has 0 aliphatic carbocycles. The van der Waals surface area contributed by atoms with Crippen LogP contribution in [0.1, 0.15) is 16.7 Å². The van der Waals surface area contributed by atoms with E-state index in [4.69, 9.17) is 21.7 Å². The number of nitrogens with zero attached hydrogens (tertiary/aromatic N) is 1. The van der Waals surface area contributed by atoms with Crippen molar-refractivity contribution in [2.45, 2.75) is 13.8 Å². The lowest BCUT2D eigenvalue weighted by Crippen LogP contribution is -2.27. The third-order valence-corrected chi connectivity index (χ3v) is 7.19. The first-order valence-electron chi connectivity index (χ1n) is 11.0. The molecule has 1 aliphatic heterocycles. The fourth-order valence-corrected chi connectivity index (χ4v) is 5.65. The maximum atomic E-state index is 13.0.